The highest BCUT2D eigenvalue weighted by molar-refractivity contribution is 7.85. The number of nitrogens with zero attached hydrogens (tertiary/aromatic N) is 1. The molecular formula is C23H23NO4S. The van der Waals surface area contributed by atoms with Crippen LogP contribution in [-0.2, 0) is 15.5 Å². The molecule has 0 spiro atoms. The van der Waals surface area contributed by atoms with Crippen LogP contribution in [0.15, 0.2) is 65.6 Å². The van der Waals surface area contributed by atoms with Gasteiger partial charge in [0.05, 0.1) is 21.3 Å². The quantitative estimate of drug-likeness (QED) is 0.432. The number of esters is 1. The molecule has 1 heterocycles. The molecule has 1 aromatic heterocycles. The van der Waals surface area contributed by atoms with Crippen molar-refractivity contribution in [1.29, 1.82) is 0 Å². The third-order valence-electron chi connectivity index (χ3n) is 4.69. The lowest BCUT2D eigenvalue weighted by molar-refractivity contribution is 0.0471. The second-order valence-electron chi connectivity index (χ2n) is 6.59. The second kappa shape index (κ2) is 9.01. The van der Waals surface area contributed by atoms with E-state index in [1.54, 1.807) is 37.3 Å². The lowest BCUT2D eigenvalue weighted by Crippen LogP contribution is -2.16. The number of carbonyl (C=O) groups is 2. The summed E-state index contributed by atoms with van der Waals surface area (Å²) >= 11 is 0. The summed E-state index contributed by atoms with van der Waals surface area (Å²) in [6.45, 7) is 5.21. The zero-order valence-corrected chi connectivity index (χ0v) is 17.5. The molecular weight excluding hydrogens is 386 g/mol. The maximum absolute atomic E-state index is 12.7. The van der Waals surface area contributed by atoms with Gasteiger partial charge in [-0.2, -0.15) is 0 Å². The molecule has 5 nitrogen and oxygen atoms in total. The SMILES string of the molecule is CCS(=O)c1ccccc1C(=O)OCC(=O)c1cc(C)n(-c2ccccc2)c1C. The Morgan fingerprint density at radius 3 is 2.31 bits per heavy atom. The maximum Gasteiger partial charge on any atom is 0.339 e. The van der Waals surface area contributed by atoms with E-state index in [1.807, 2.05) is 48.7 Å². The van der Waals surface area contributed by atoms with Crippen molar-refractivity contribution in [3.8, 4) is 5.69 Å². The summed E-state index contributed by atoms with van der Waals surface area (Å²) in [5.41, 5.74) is 3.43. The number of aryl methyl sites for hydroxylation is 1. The molecule has 0 amide bonds. The number of hydrogen-bond acceptors (Lipinski definition) is 4. The molecule has 0 N–H and O–H groups in total. The van der Waals surface area contributed by atoms with E-state index in [4.69, 9.17) is 4.74 Å². The summed E-state index contributed by atoms with van der Waals surface area (Å²) in [6.07, 6.45) is 0. The topological polar surface area (TPSA) is 65.4 Å². The first-order valence-electron chi connectivity index (χ1n) is 9.36. The molecule has 0 bridgehead atoms. The van der Waals surface area contributed by atoms with Crippen molar-refractivity contribution in [3.05, 3.63) is 83.2 Å². The van der Waals surface area contributed by atoms with E-state index in [0.717, 1.165) is 17.1 Å². The van der Waals surface area contributed by atoms with Crippen LogP contribution in [0.3, 0.4) is 0 Å². The van der Waals surface area contributed by atoms with E-state index in [-0.39, 0.29) is 18.0 Å². The third-order valence-corrected chi connectivity index (χ3v) is 6.07. The van der Waals surface area contributed by atoms with Gasteiger partial charge in [0.15, 0.2) is 6.61 Å². The highest BCUT2D eigenvalue weighted by Crippen LogP contribution is 2.21. The Hall–Kier alpha value is -2.99. The van der Waals surface area contributed by atoms with Crippen molar-refractivity contribution in [2.24, 2.45) is 0 Å². The Morgan fingerprint density at radius 1 is 0.966 bits per heavy atom. The van der Waals surface area contributed by atoms with Crippen molar-refractivity contribution in [1.82, 2.24) is 4.57 Å². The van der Waals surface area contributed by atoms with Crippen molar-refractivity contribution >= 4 is 22.6 Å². The number of carbonyl (C=O) groups excluding carboxylic acids is 2. The minimum Gasteiger partial charge on any atom is -0.454 e. The summed E-state index contributed by atoms with van der Waals surface area (Å²) in [4.78, 5) is 25.6. The summed E-state index contributed by atoms with van der Waals surface area (Å²) in [7, 11) is -1.29. The Labute approximate surface area is 172 Å². The molecule has 0 radical (unpaired) electrons. The molecule has 3 aromatic rings. The van der Waals surface area contributed by atoms with Gasteiger partial charge in [-0.15, -0.1) is 0 Å². The second-order valence-corrected chi connectivity index (χ2v) is 8.29. The fraction of sp³-hybridized carbons (Fsp3) is 0.217. The van der Waals surface area contributed by atoms with E-state index in [0.29, 0.717) is 16.2 Å². The van der Waals surface area contributed by atoms with Gasteiger partial charge in [-0.1, -0.05) is 37.3 Å². The Kier molecular flexibility index (Phi) is 6.44. The average molecular weight is 410 g/mol. The predicted octanol–water partition coefficient (Wildman–Crippen LogP) is 4.26. The van der Waals surface area contributed by atoms with Crippen LogP contribution in [-0.4, -0.2) is 32.9 Å². The van der Waals surface area contributed by atoms with Crippen LogP contribution in [0.1, 0.15) is 39.0 Å². The van der Waals surface area contributed by atoms with E-state index < -0.39 is 16.8 Å². The zero-order valence-electron chi connectivity index (χ0n) is 16.7. The number of rotatable bonds is 7. The number of Topliss-reactive ketones (excluding diaryl/α,β-unsaturated/α-hetero) is 1. The highest BCUT2D eigenvalue weighted by atomic mass is 32.2. The molecule has 29 heavy (non-hydrogen) atoms. The summed E-state index contributed by atoms with van der Waals surface area (Å²) in [6, 6.07) is 18.2. The number of aromatic nitrogens is 1. The number of benzene rings is 2. The van der Waals surface area contributed by atoms with Gasteiger partial charge in [0, 0.05) is 28.4 Å². The van der Waals surface area contributed by atoms with Gasteiger partial charge in [0.1, 0.15) is 0 Å². The van der Waals surface area contributed by atoms with E-state index >= 15 is 0 Å². The standard InChI is InChI=1S/C23H23NO4S/c1-4-29(27)22-13-9-8-12-19(22)23(26)28-15-21(25)20-14-16(2)24(17(20)3)18-10-6-5-7-11-18/h5-14H,4,15H2,1-3H3. The summed E-state index contributed by atoms with van der Waals surface area (Å²) in [5.74, 6) is -0.523. The van der Waals surface area contributed by atoms with E-state index in [1.165, 1.54) is 0 Å². The summed E-state index contributed by atoms with van der Waals surface area (Å²) in [5, 5.41) is 0. The minimum absolute atomic E-state index is 0.232. The van der Waals surface area contributed by atoms with Gasteiger partial charge < -0.3 is 9.30 Å². The van der Waals surface area contributed by atoms with Gasteiger partial charge in [-0.3, -0.25) is 9.00 Å². The van der Waals surface area contributed by atoms with Crippen molar-refractivity contribution < 1.29 is 18.5 Å². The van der Waals surface area contributed by atoms with Crippen LogP contribution in [0.2, 0.25) is 0 Å². The zero-order chi connectivity index (χ0) is 21.0. The number of para-hydroxylation sites is 1. The van der Waals surface area contributed by atoms with Crippen LogP contribution in [0, 0.1) is 13.8 Å². The van der Waals surface area contributed by atoms with Crippen LogP contribution in [0.4, 0.5) is 0 Å². The molecule has 6 heteroatoms. The Balaban J connectivity index is 1.77. The van der Waals surface area contributed by atoms with Gasteiger partial charge >= 0.3 is 5.97 Å². The normalized spacial score (nSPS) is 11.8. The average Bonchev–Trinajstić information content (AvgIpc) is 3.05. The third kappa shape index (κ3) is 4.38. The van der Waals surface area contributed by atoms with E-state index in [2.05, 4.69) is 0 Å². The molecule has 0 fully saturated rings. The smallest absolute Gasteiger partial charge is 0.339 e. The molecule has 150 valence electrons. The molecule has 0 aliphatic carbocycles. The maximum atomic E-state index is 12.7. The first kappa shape index (κ1) is 20.7. The summed E-state index contributed by atoms with van der Waals surface area (Å²) < 4.78 is 19.4. The van der Waals surface area contributed by atoms with Gasteiger partial charge in [0.25, 0.3) is 0 Å². The number of hydrogen-bond donors (Lipinski definition) is 0. The number of ketones is 1. The fourth-order valence-corrected chi connectivity index (χ4v) is 4.23. The van der Waals surface area contributed by atoms with Crippen molar-refractivity contribution in [2.45, 2.75) is 25.7 Å². The van der Waals surface area contributed by atoms with Gasteiger partial charge in [-0.25, -0.2) is 4.79 Å². The van der Waals surface area contributed by atoms with Crippen molar-refractivity contribution in [3.63, 3.8) is 0 Å². The lowest BCUT2D eigenvalue weighted by Gasteiger charge is -2.10. The molecule has 0 aliphatic heterocycles. The van der Waals surface area contributed by atoms with Crippen LogP contribution in [0.5, 0.6) is 0 Å². The molecule has 1 atom stereocenters. The van der Waals surface area contributed by atoms with Crippen molar-refractivity contribution in [2.75, 3.05) is 12.4 Å². The van der Waals surface area contributed by atoms with Crippen LogP contribution >= 0.6 is 0 Å². The first-order chi connectivity index (χ1) is 13.9. The van der Waals surface area contributed by atoms with Gasteiger partial charge in [-0.05, 0) is 44.2 Å². The molecule has 2 aromatic carbocycles. The minimum atomic E-state index is -1.29. The monoisotopic (exact) mass is 409 g/mol. The molecule has 3 rings (SSSR count). The highest BCUT2D eigenvalue weighted by Gasteiger charge is 2.20. The first-order valence-corrected chi connectivity index (χ1v) is 10.7. The van der Waals surface area contributed by atoms with E-state index in [9.17, 15) is 13.8 Å². The molecule has 1 unspecified atom stereocenters. The Morgan fingerprint density at radius 2 is 1.62 bits per heavy atom. The Bertz CT molecular complexity index is 1070. The molecule has 0 aliphatic rings. The molecule has 0 saturated heterocycles. The fourth-order valence-electron chi connectivity index (χ4n) is 3.30. The predicted molar refractivity (Wildman–Crippen MR) is 113 cm³/mol. The largest absolute Gasteiger partial charge is 0.454 e. The van der Waals surface area contributed by atoms with Crippen LogP contribution < -0.4 is 0 Å². The molecule has 0 saturated carbocycles. The lowest BCUT2D eigenvalue weighted by atomic mass is 10.1. The number of ether oxygens (including phenoxy) is 1. The van der Waals surface area contributed by atoms with Crippen LogP contribution in [0.25, 0.3) is 5.69 Å². The van der Waals surface area contributed by atoms with Gasteiger partial charge in [0.2, 0.25) is 5.78 Å².